The van der Waals surface area contributed by atoms with Crippen LogP contribution in [0.1, 0.15) is 19.8 Å². The van der Waals surface area contributed by atoms with Gasteiger partial charge in [0.15, 0.2) is 0 Å². The lowest BCUT2D eigenvalue weighted by Gasteiger charge is -2.26. The molecule has 0 spiro atoms. The highest BCUT2D eigenvalue weighted by molar-refractivity contribution is 4.51. The molecule has 0 amide bonds. The zero-order valence-electron chi connectivity index (χ0n) is 5.75. The van der Waals surface area contributed by atoms with E-state index < -0.39 is 6.23 Å². The molecule has 1 aliphatic rings. The van der Waals surface area contributed by atoms with Gasteiger partial charge in [0, 0.05) is 12.8 Å². The van der Waals surface area contributed by atoms with E-state index in [-0.39, 0.29) is 4.65 Å². The average Bonchev–Trinajstić information content (AvgIpc) is 2.15. The molecule has 2 N–H and O–H groups in total. The fourth-order valence-electron chi connectivity index (χ4n) is 1.31. The van der Waals surface area contributed by atoms with Crippen molar-refractivity contribution in [3.63, 3.8) is 0 Å². The van der Waals surface area contributed by atoms with Crippen molar-refractivity contribution in [3.8, 4) is 0 Å². The average molecular weight is 132 g/mol. The van der Waals surface area contributed by atoms with Crippen molar-refractivity contribution >= 4 is 0 Å². The SMILES string of the molecule is CC[N+]1(O)CCCC1O. The molecule has 54 valence electrons. The van der Waals surface area contributed by atoms with Crippen LogP contribution in [0.2, 0.25) is 0 Å². The molecule has 0 bridgehead atoms. The van der Waals surface area contributed by atoms with E-state index >= 15 is 0 Å². The van der Waals surface area contributed by atoms with Crippen LogP contribution in [0.3, 0.4) is 0 Å². The highest BCUT2D eigenvalue weighted by Crippen LogP contribution is 2.21. The third-order valence-corrected chi connectivity index (χ3v) is 2.11. The first kappa shape index (κ1) is 6.99. The molecule has 0 saturated carbocycles. The number of aliphatic hydroxyl groups is 1. The van der Waals surface area contributed by atoms with Gasteiger partial charge in [-0.1, -0.05) is 0 Å². The molecule has 1 fully saturated rings. The van der Waals surface area contributed by atoms with Gasteiger partial charge >= 0.3 is 0 Å². The maximum atomic E-state index is 9.46. The van der Waals surface area contributed by atoms with Crippen LogP contribution in [-0.4, -0.2) is 34.3 Å². The van der Waals surface area contributed by atoms with E-state index in [0.717, 1.165) is 12.8 Å². The van der Waals surface area contributed by atoms with Crippen LogP contribution in [0, 0.1) is 0 Å². The molecule has 1 aliphatic heterocycles. The Morgan fingerprint density at radius 1 is 1.67 bits per heavy atom. The van der Waals surface area contributed by atoms with Gasteiger partial charge in [0.25, 0.3) is 0 Å². The van der Waals surface area contributed by atoms with Crippen LogP contribution in [0.5, 0.6) is 0 Å². The van der Waals surface area contributed by atoms with Crippen molar-refractivity contribution < 1.29 is 15.0 Å². The Hall–Kier alpha value is -0.120. The second kappa shape index (κ2) is 2.25. The number of aliphatic hydroxyl groups excluding tert-OH is 1. The summed E-state index contributed by atoms with van der Waals surface area (Å²) in [4.78, 5) is 0. The Morgan fingerprint density at radius 3 is 2.56 bits per heavy atom. The maximum absolute atomic E-state index is 9.46. The number of hydroxylamine groups is 3. The standard InChI is InChI=1S/C6H14NO2/c1-2-7(9)5-3-4-6(7)8/h6,8-9H,2-5H2,1H3/q+1. The lowest BCUT2D eigenvalue weighted by atomic mass is 10.4. The van der Waals surface area contributed by atoms with Gasteiger partial charge in [0.2, 0.25) is 6.23 Å². The predicted molar refractivity (Wildman–Crippen MR) is 32.7 cm³/mol. The van der Waals surface area contributed by atoms with E-state index in [1.165, 1.54) is 0 Å². The van der Waals surface area contributed by atoms with E-state index in [9.17, 15) is 10.3 Å². The van der Waals surface area contributed by atoms with Crippen LogP contribution < -0.4 is 0 Å². The van der Waals surface area contributed by atoms with Crippen molar-refractivity contribution in [1.29, 1.82) is 0 Å². The summed E-state index contributed by atoms with van der Waals surface area (Å²) in [5.74, 6) is 0. The summed E-state index contributed by atoms with van der Waals surface area (Å²) in [5, 5.41) is 18.6. The van der Waals surface area contributed by atoms with Crippen LogP contribution in [0.4, 0.5) is 0 Å². The zero-order chi connectivity index (χ0) is 6.91. The highest BCUT2D eigenvalue weighted by atomic mass is 16.6. The third kappa shape index (κ3) is 1.08. The minimum atomic E-state index is -0.532. The Kier molecular flexibility index (Phi) is 1.75. The van der Waals surface area contributed by atoms with E-state index in [1.807, 2.05) is 6.92 Å². The summed E-state index contributed by atoms with van der Waals surface area (Å²) < 4.78 is -0.139. The second-order valence-corrected chi connectivity index (χ2v) is 2.65. The molecule has 0 aromatic heterocycles. The number of nitrogens with zero attached hydrogens (tertiary/aromatic N) is 1. The molecular weight excluding hydrogens is 118 g/mol. The summed E-state index contributed by atoms with van der Waals surface area (Å²) in [6, 6.07) is 0. The molecule has 0 radical (unpaired) electrons. The Bertz CT molecular complexity index is 107. The number of hydrogen-bond donors (Lipinski definition) is 2. The molecule has 0 aromatic carbocycles. The van der Waals surface area contributed by atoms with Crippen LogP contribution in [-0.2, 0) is 0 Å². The van der Waals surface area contributed by atoms with Gasteiger partial charge in [0.1, 0.15) is 13.1 Å². The predicted octanol–water partition coefficient (Wildman–Crippen LogP) is 0.325. The van der Waals surface area contributed by atoms with Gasteiger partial charge in [-0.15, -0.1) is 0 Å². The lowest BCUT2D eigenvalue weighted by Crippen LogP contribution is -2.48. The molecule has 0 aromatic rings. The maximum Gasteiger partial charge on any atom is 0.220 e. The van der Waals surface area contributed by atoms with Gasteiger partial charge in [-0.2, -0.15) is 4.65 Å². The van der Waals surface area contributed by atoms with Crippen LogP contribution in [0.15, 0.2) is 0 Å². The Labute approximate surface area is 55.1 Å². The summed E-state index contributed by atoms with van der Waals surface area (Å²) in [6.07, 6.45) is 1.14. The molecule has 3 nitrogen and oxygen atoms in total. The summed E-state index contributed by atoms with van der Waals surface area (Å²) >= 11 is 0. The first-order valence-electron chi connectivity index (χ1n) is 3.46. The first-order valence-corrected chi connectivity index (χ1v) is 3.46. The molecule has 2 unspecified atom stereocenters. The minimum Gasteiger partial charge on any atom is -0.343 e. The van der Waals surface area contributed by atoms with E-state index in [2.05, 4.69) is 0 Å². The number of rotatable bonds is 1. The van der Waals surface area contributed by atoms with Crippen molar-refractivity contribution in [1.82, 2.24) is 0 Å². The first-order chi connectivity index (χ1) is 4.19. The molecule has 1 saturated heterocycles. The Morgan fingerprint density at radius 2 is 2.33 bits per heavy atom. The smallest absolute Gasteiger partial charge is 0.220 e. The molecule has 2 atom stereocenters. The monoisotopic (exact) mass is 132 g/mol. The summed E-state index contributed by atoms with van der Waals surface area (Å²) in [7, 11) is 0. The molecule has 3 heteroatoms. The van der Waals surface area contributed by atoms with Gasteiger partial charge in [-0.25, -0.2) is 5.21 Å². The largest absolute Gasteiger partial charge is 0.343 e. The quantitative estimate of drug-likeness (QED) is 0.504. The van der Waals surface area contributed by atoms with E-state index in [4.69, 9.17) is 0 Å². The van der Waals surface area contributed by atoms with E-state index in [0.29, 0.717) is 13.1 Å². The minimum absolute atomic E-state index is 0.139. The second-order valence-electron chi connectivity index (χ2n) is 2.65. The van der Waals surface area contributed by atoms with Crippen LogP contribution >= 0.6 is 0 Å². The normalized spacial score (nSPS) is 43.7. The third-order valence-electron chi connectivity index (χ3n) is 2.11. The number of likely N-dealkylation sites (tertiary alicyclic amines) is 1. The number of hydrogen-bond acceptors (Lipinski definition) is 2. The zero-order valence-corrected chi connectivity index (χ0v) is 5.75. The lowest BCUT2D eigenvalue weighted by molar-refractivity contribution is -1.12. The van der Waals surface area contributed by atoms with Gasteiger partial charge < -0.3 is 5.11 Å². The fraction of sp³-hybridized carbons (Fsp3) is 1.00. The fourth-order valence-corrected chi connectivity index (χ4v) is 1.31. The highest BCUT2D eigenvalue weighted by Gasteiger charge is 2.38. The molecule has 9 heavy (non-hydrogen) atoms. The molecule has 0 aliphatic carbocycles. The van der Waals surface area contributed by atoms with Crippen molar-refractivity contribution in [2.45, 2.75) is 26.0 Å². The van der Waals surface area contributed by atoms with E-state index in [1.54, 1.807) is 0 Å². The van der Waals surface area contributed by atoms with Gasteiger partial charge in [-0.05, 0) is 6.92 Å². The molecule has 1 heterocycles. The number of quaternary nitrogens is 1. The Balaban J connectivity index is 2.56. The topological polar surface area (TPSA) is 40.5 Å². The summed E-state index contributed by atoms with van der Waals surface area (Å²) in [5.41, 5.74) is 0. The molecular formula is C6H14NO2+. The van der Waals surface area contributed by atoms with Gasteiger partial charge in [-0.3, -0.25) is 0 Å². The van der Waals surface area contributed by atoms with Crippen LogP contribution in [0.25, 0.3) is 0 Å². The summed E-state index contributed by atoms with van der Waals surface area (Å²) in [6.45, 7) is 3.20. The van der Waals surface area contributed by atoms with Crippen molar-refractivity contribution in [2.75, 3.05) is 13.1 Å². The van der Waals surface area contributed by atoms with Gasteiger partial charge in [0.05, 0.1) is 0 Å². The van der Waals surface area contributed by atoms with Crippen molar-refractivity contribution in [3.05, 3.63) is 0 Å². The van der Waals surface area contributed by atoms with Crippen molar-refractivity contribution in [2.24, 2.45) is 0 Å². The molecule has 1 rings (SSSR count).